The van der Waals surface area contributed by atoms with Crippen molar-refractivity contribution < 1.29 is 13.2 Å². The van der Waals surface area contributed by atoms with Gasteiger partial charge in [0.1, 0.15) is 17.4 Å². The fraction of sp³-hybridized carbons (Fsp3) is 0.333. The lowest BCUT2D eigenvalue weighted by molar-refractivity contribution is 0.455. The van der Waals surface area contributed by atoms with Crippen molar-refractivity contribution in [3.05, 3.63) is 59.6 Å². The number of hydrogen-bond acceptors (Lipinski definition) is 2. The third-order valence-electron chi connectivity index (χ3n) is 3.20. The van der Waals surface area contributed by atoms with Gasteiger partial charge in [-0.2, -0.15) is 0 Å². The van der Waals surface area contributed by atoms with Crippen LogP contribution in [0.1, 0.15) is 17.7 Å². The second-order valence-corrected chi connectivity index (χ2v) is 4.54. The Balaban J connectivity index is 1.96. The molecule has 0 bridgehead atoms. The number of rotatable bonds is 6. The van der Waals surface area contributed by atoms with Gasteiger partial charge in [-0.3, -0.25) is 0 Å². The van der Waals surface area contributed by atoms with E-state index in [9.17, 15) is 8.78 Å². The Bertz CT molecular complexity index is 511. The lowest BCUT2D eigenvalue weighted by Crippen LogP contribution is -2.28. The lowest BCUT2D eigenvalue weighted by Gasteiger charge is -2.16. The zero-order valence-corrected chi connectivity index (χ0v) is 10.8. The van der Waals surface area contributed by atoms with E-state index in [1.165, 1.54) is 12.1 Å². The Morgan fingerprint density at radius 2 is 2.11 bits per heavy atom. The zero-order valence-electron chi connectivity index (χ0n) is 10.8. The molecule has 0 spiro atoms. The number of furan rings is 1. The van der Waals surface area contributed by atoms with Crippen LogP contribution in [0.25, 0.3) is 0 Å². The molecule has 102 valence electrons. The predicted molar refractivity (Wildman–Crippen MR) is 69.9 cm³/mol. The van der Waals surface area contributed by atoms with Crippen LogP contribution in [0.15, 0.2) is 41.0 Å². The van der Waals surface area contributed by atoms with Gasteiger partial charge < -0.3 is 9.73 Å². The Labute approximate surface area is 111 Å². The zero-order chi connectivity index (χ0) is 13.7. The minimum atomic E-state index is -0.405. The number of nitrogens with one attached hydrogen (secondary N) is 1. The van der Waals surface area contributed by atoms with Crippen molar-refractivity contribution >= 4 is 0 Å². The van der Waals surface area contributed by atoms with E-state index in [4.69, 9.17) is 4.42 Å². The Hall–Kier alpha value is -1.68. The summed E-state index contributed by atoms with van der Waals surface area (Å²) < 4.78 is 31.9. The Kier molecular flexibility index (Phi) is 4.68. The average molecular weight is 265 g/mol. The number of aryl methyl sites for hydroxylation is 1. The molecule has 0 aliphatic heterocycles. The van der Waals surface area contributed by atoms with E-state index in [2.05, 4.69) is 5.32 Å². The Morgan fingerprint density at radius 1 is 1.26 bits per heavy atom. The first-order chi connectivity index (χ1) is 9.19. The van der Waals surface area contributed by atoms with Gasteiger partial charge in [-0.25, -0.2) is 8.78 Å². The maximum absolute atomic E-state index is 13.6. The van der Waals surface area contributed by atoms with Crippen molar-refractivity contribution in [2.45, 2.75) is 25.3 Å². The molecule has 19 heavy (non-hydrogen) atoms. The maximum atomic E-state index is 13.6. The maximum Gasteiger partial charge on any atom is 0.126 e. The van der Waals surface area contributed by atoms with Gasteiger partial charge >= 0.3 is 0 Å². The SMILES string of the molecule is CNC(CCc1ccco1)Cc1cc(F)ccc1F. The fourth-order valence-electron chi connectivity index (χ4n) is 2.08. The smallest absolute Gasteiger partial charge is 0.126 e. The molecule has 2 nitrogen and oxygen atoms in total. The van der Waals surface area contributed by atoms with Crippen LogP contribution in [-0.4, -0.2) is 13.1 Å². The normalized spacial score (nSPS) is 12.6. The van der Waals surface area contributed by atoms with E-state index < -0.39 is 5.82 Å². The molecule has 1 unspecified atom stereocenters. The Morgan fingerprint density at radius 3 is 2.79 bits per heavy atom. The first kappa shape index (κ1) is 13.7. The van der Waals surface area contributed by atoms with Crippen LogP contribution in [-0.2, 0) is 12.8 Å². The lowest BCUT2D eigenvalue weighted by atomic mass is 10.0. The van der Waals surface area contributed by atoms with Gasteiger partial charge in [0.15, 0.2) is 0 Å². The quantitative estimate of drug-likeness (QED) is 0.866. The van der Waals surface area contributed by atoms with Gasteiger partial charge in [0, 0.05) is 12.5 Å². The van der Waals surface area contributed by atoms with Gasteiger partial charge in [-0.1, -0.05) is 0 Å². The predicted octanol–water partition coefficient (Wildman–Crippen LogP) is 3.32. The molecule has 2 aromatic rings. The molecule has 0 radical (unpaired) electrons. The first-order valence-electron chi connectivity index (χ1n) is 6.32. The van der Waals surface area contributed by atoms with Crippen LogP contribution in [0.3, 0.4) is 0 Å². The van der Waals surface area contributed by atoms with Gasteiger partial charge in [-0.05, 0) is 55.8 Å². The van der Waals surface area contributed by atoms with Crippen LogP contribution in [0.4, 0.5) is 8.78 Å². The third-order valence-corrected chi connectivity index (χ3v) is 3.20. The highest BCUT2D eigenvalue weighted by Gasteiger charge is 2.12. The average Bonchev–Trinajstić information content (AvgIpc) is 2.91. The van der Waals surface area contributed by atoms with Gasteiger partial charge in [0.05, 0.1) is 6.26 Å². The van der Waals surface area contributed by atoms with E-state index in [0.717, 1.165) is 24.7 Å². The van der Waals surface area contributed by atoms with Crippen LogP contribution < -0.4 is 5.32 Å². The largest absolute Gasteiger partial charge is 0.469 e. The summed E-state index contributed by atoms with van der Waals surface area (Å²) in [5.41, 5.74) is 0.402. The van der Waals surface area contributed by atoms with Crippen LogP contribution in [0.5, 0.6) is 0 Å². The summed E-state index contributed by atoms with van der Waals surface area (Å²) in [6.07, 6.45) is 3.67. The molecule has 0 saturated carbocycles. The van der Waals surface area contributed by atoms with Crippen molar-refractivity contribution in [3.8, 4) is 0 Å². The molecule has 0 amide bonds. The van der Waals surface area contributed by atoms with E-state index in [-0.39, 0.29) is 11.9 Å². The number of hydrogen-bond donors (Lipinski definition) is 1. The van der Waals surface area contributed by atoms with Crippen LogP contribution in [0, 0.1) is 11.6 Å². The van der Waals surface area contributed by atoms with Gasteiger partial charge in [-0.15, -0.1) is 0 Å². The number of benzene rings is 1. The number of likely N-dealkylation sites (N-methyl/N-ethyl adjacent to an activating group) is 1. The molecule has 0 fully saturated rings. The van der Waals surface area contributed by atoms with Crippen LogP contribution >= 0.6 is 0 Å². The molecular weight excluding hydrogens is 248 g/mol. The summed E-state index contributed by atoms with van der Waals surface area (Å²) in [5, 5.41) is 3.13. The standard InChI is InChI=1S/C15H17F2NO/c1-18-13(5-6-14-3-2-8-19-14)10-11-9-12(16)4-7-15(11)17/h2-4,7-9,13,18H,5-6,10H2,1H3. The summed E-state index contributed by atoms with van der Waals surface area (Å²) >= 11 is 0. The molecule has 1 aromatic carbocycles. The van der Waals surface area contributed by atoms with Gasteiger partial charge in [0.2, 0.25) is 0 Å². The summed E-state index contributed by atoms with van der Waals surface area (Å²) in [6, 6.07) is 7.40. The van der Waals surface area contributed by atoms with E-state index in [0.29, 0.717) is 12.0 Å². The van der Waals surface area contributed by atoms with Gasteiger partial charge in [0.25, 0.3) is 0 Å². The molecule has 4 heteroatoms. The molecule has 1 N–H and O–H groups in total. The van der Waals surface area contributed by atoms with Crippen molar-refractivity contribution in [3.63, 3.8) is 0 Å². The van der Waals surface area contributed by atoms with E-state index in [1.54, 1.807) is 6.26 Å². The molecule has 1 atom stereocenters. The van der Waals surface area contributed by atoms with Crippen molar-refractivity contribution in [2.24, 2.45) is 0 Å². The highest BCUT2D eigenvalue weighted by Crippen LogP contribution is 2.14. The van der Waals surface area contributed by atoms with E-state index in [1.807, 2.05) is 19.2 Å². The molecule has 2 rings (SSSR count). The highest BCUT2D eigenvalue weighted by molar-refractivity contribution is 5.19. The molecule has 1 heterocycles. The second kappa shape index (κ2) is 6.48. The van der Waals surface area contributed by atoms with E-state index >= 15 is 0 Å². The summed E-state index contributed by atoms with van der Waals surface area (Å²) in [7, 11) is 1.82. The fourth-order valence-corrected chi connectivity index (χ4v) is 2.08. The molecule has 0 saturated heterocycles. The van der Waals surface area contributed by atoms with Crippen molar-refractivity contribution in [2.75, 3.05) is 7.05 Å². The third kappa shape index (κ3) is 3.89. The second-order valence-electron chi connectivity index (χ2n) is 4.54. The summed E-state index contributed by atoms with van der Waals surface area (Å²) in [6.45, 7) is 0. The first-order valence-corrected chi connectivity index (χ1v) is 6.32. The summed E-state index contributed by atoms with van der Waals surface area (Å²) in [5.74, 6) is 0.136. The minimum Gasteiger partial charge on any atom is -0.469 e. The minimum absolute atomic E-state index is 0.0846. The summed E-state index contributed by atoms with van der Waals surface area (Å²) in [4.78, 5) is 0. The molecule has 1 aromatic heterocycles. The van der Waals surface area contributed by atoms with Crippen LogP contribution in [0.2, 0.25) is 0 Å². The molecule has 0 aliphatic carbocycles. The molecule has 0 aliphatic rings. The molecular formula is C15H17F2NO. The highest BCUT2D eigenvalue weighted by atomic mass is 19.1. The number of halogens is 2. The topological polar surface area (TPSA) is 25.2 Å². The van der Waals surface area contributed by atoms with Crippen molar-refractivity contribution in [1.82, 2.24) is 5.32 Å². The van der Waals surface area contributed by atoms with Crippen molar-refractivity contribution in [1.29, 1.82) is 0 Å². The monoisotopic (exact) mass is 265 g/mol.